The van der Waals surface area contributed by atoms with Crippen molar-refractivity contribution in [1.82, 2.24) is 5.32 Å². The zero-order valence-electron chi connectivity index (χ0n) is 14.3. The zero-order valence-corrected chi connectivity index (χ0v) is 15.8. The second kappa shape index (κ2) is 8.83. The number of aryl methyl sites for hydroxylation is 2. The third-order valence-electron chi connectivity index (χ3n) is 3.48. The van der Waals surface area contributed by atoms with E-state index in [0.717, 1.165) is 21.9 Å². The molecular weight excluding hydrogens is 363 g/mol. The molecule has 2 amide bonds. The van der Waals surface area contributed by atoms with E-state index in [-0.39, 0.29) is 6.03 Å². The molecule has 25 heavy (non-hydrogen) atoms. The summed E-state index contributed by atoms with van der Waals surface area (Å²) < 4.78 is 10.8. The lowest BCUT2D eigenvalue weighted by molar-refractivity contribution is 0.247. The van der Waals surface area contributed by atoms with Crippen LogP contribution >= 0.6 is 23.2 Å². The van der Waals surface area contributed by atoms with Gasteiger partial charge in [-0.2, -0.15) is 0 Å². The van der Waals surface area contributed by atoms with Gasteiger partial charge in [0.2, 0.25) is 0 Å². The first-order valence-electron chi connectivity index (χ1n) is 7.68. The van der Waals surface area contributed by atoms with Gasteiger partial charge in [0.25, 0.3) is 0 Å². The maximum absolute atomic E-state index is 12.0. The average Bonchev–Trinajstić information content (AvgIpc) is 2.56. The van der Waals surface area contributed by atoms with Crippen molar-refractivity contribution < 1.29 is 14.3 Å². The average molecular weight is 383 g/mol. The summed E-state index contributed by atoms with van der Waals surface area (Å²) in [4.78, 5) is 12.0. The standard InChI is InChI=1S/C18H20Cl2N2O3/c1-11-8-14(9-12(2)17(11)20)25-7-6-21-18(23)22-15-10-13(19)4-5-16(15)24-3/h4-5,8-10H,6-7H2,1-3H3,(H2,21,22,23). The van der Waals surface area contributed by atoms with Crippen molar-refractivity contribution in [3.05, 3.63) is 51.5 Å². The first-order chi connectivity index (χ1) is 11.9. The molecule has 0 heterocycles. The van der Waals surface area contributed by atoms with Gasteiger partial charge in [-0.25, -0.2) is 4.79 Å². The Labute approximate surface area is 157 Å². The van der Waals surface area contributed by atoms with E-state index in [0.29, 0.717) is 29.6 Å². The van der Waals surface area contributed by atoms with Crippen LogP contribution in [0.5, 0.6) is 11.5 Å². The summed E-state index contributed by atoms with van der Waals surface area (Å²) in [6.45, 7) is 4.52. The molecule has 0 saturated heterocycles. The molecule has 0 bridgehead atoms. The van der Waals surface area contributed by atoms with Gasteiger partial charge >= 0.3 is 6.03 Å². The quantitative estimate of drug-likeness (QED) is 0.704. The summed E-state index contributed by atoms with van der Waals surface area (Å²) in [5, 5.41) is 6.65. The number of anilines is 1. The first-order valence-corrected chi connectivity index (χ1v) is 8.44. The van der Waals surface area contributed by atoms with Crippen LogP contribution < -0.4 is 20.1 Å². The first kappa shape index (κ1) is 19.2. The van der Waals surface area contributed by atoms with Crippen molar-refractivity contribution >= 4 is 34.9 Å². The smallest absolute Gasteiger partial charge is 0.319 e. The molecule has 2 aromatic rings. The van der Waals surface area contributed by atoms with Crippen LogP contribution in [-0.2, 0) is 0 Å². The van der Waals surface area contributed by atoms with Gasteiger partial charge in [0.05, 0.1) is 19.3 Å². The lowest BCUT2D eigenvalue weighted by Crippen LogP contribution is -2.32. The van der Waals surface area contributed by atoms with Gasteiger partial charge in [0.15, 0.2) is 0 Å². The maximum atomic E-state index is 12.0. The number of carbonyl (C=O) groups is 1. The maximum Gasteiger partial charge on any atom is 0.319 e. The Morgan fingerprint density at radius 2 is 1.80 bits per heavy atom. The lowest BCUT2D eigenvalue weighted by Gasteiger charge is -2.13. The highest BCUT2D eigenvalue weighted by molar-refractivity contribution is 6.32. The van der Waals surface area contributed by atoms with Gasteiger partial charge in [0, 0.05) is 10.0 Å². The monoisotopic (exact) mass is 382 g/mol. The summed E-state index contributed by atoms with van der Waals surface area (Å²) in [7, 11) is 1.52. The number of hydrogen-bond acceptors (Lipinski definition) is 3. The number of amides is 2. The molecule has 0 fully saturated rings. The summed E-state index contributed by atoms with van der Waals surface area (Å²) in [6.07, 6.45) is 0. The van der Waals surface area contributed by atoms with E-state index in [2.05, 4.69) is 10.6 Å². The Morgan fingerprint density at radius 3 is 2.44 bits per heavy atom. The molecule has 2 N–H and O–H groups in total. The van der Waals surface area contributed by atoms with Crippen LogP contribution in [0, 0.1) is 13.8 Å². The molecule has 0 spiro atoms. The molecule has 2 aromatic carbocycles. The van der Waals surface area contributed by atoms with Crippen LogP contribution in [-0.4, -0.2) is 26.3 Å². The predicted octanol–water partition coefficient (Wildman–Crippen LogP) is 4.82. The molecule has 0 radical (unpaired) electrons. The molecule has 0 aliphatic heterocycles. The Balaban J connectivity index is 1.82. The SMILES string of the molecule is COc1ccc(Cl)cc1NC(=O)NCCOc1cc(C)c(Cl)c(C)c1. The van der Waals surface area contributed by atoms with Crippen LogP contribution in [0.3, 0.4) is 0 Å². The lowest BCUT2D eigenvalue weighted by atomic mass is 10.1. The second-order valence-electron chi connectivity index (χ2n) is 5.45. The number of rotatable bonds is 6. The number of urea groups is 1. The van der Waals surface area contributed by atoms with Crippen LogP contribution in [0.15, 0.2) is 30.3 Å². The fraction of sp³-hybridized carbons (Fsp3) is 0.278. The summed E-state index contributed by atoms with van der Waals surface area (Å²) in [6, 6.07) is 8.36. The molecule has 0 atom stereocenters. The van der Waals surface area contributed by atoms with Crippen LogP contribution in [0.1, 0.15) is 11.1 Å². The fourth-order valence-corrected chi connectivity index (χ4v) is 2.55. The summed E-state index contributed by atoms with van der Waals surface area (Å²) in [5.41, 5.74) is 2.41. The molecule has 2 rings (SSSR count). The third-order valence-corrected chi connectivity index (χ3v) is 4.31. The predicted molar refractivity (Wildman–Crippen MR) is 101 cm³/mol. The molecule has 7 heteroatoms. The fourth-order valence-electron chi connectivity index (χ4n) is 2.27. The Morgan fingerprint density at radius 1 is 1.12 bits per heavy atom. The highest BCUT2D eigenvalue weighted by atomic mass is 35.5. The molecule has 0 aromatic heterocycles. The summed E-state index contributed by atoms with van der Waals surface area (Å²) in [5.74, 6) is 1.25. The van der Waals surface area contributed by atoms with Crippen LogP contribution in [0.25, 0.3) is 0 Å². The minimum Gasteiger partial charge on any atom is -0.495 e. The molecule has 134 valence electrons. The molecule has 0 aliphatic rings. The summed E-state index contributed by atoms with van der Waals surface area (Å²) >= 11 is 12.1. The van der Waals surface area contributed by atoms with E-state index in [1.54, 1.807) is 18.2 Å². The number of carbonyl (C=O) groups excluding carboxylic acids is 1. The Bertz CT molecular complexity index is 743. The minimum atomic E-state index is -0.368. The molecule has 0 saturated carbocycles. The number of ether oxygens (including phenoxy) is 2. The molecule has 0 aliphatic carbocycles. The second-order valence-corrected chi connectivity index (χ2v) is 6.26. The van der Waals surface area contributed by atoms with Gasteiger partial charge in [0.1, 0.15) is 18.1 Å². The van der Waals surface area contributed by atoms with E-state index >= 15 is 0 Å². The van der Waals surface area contributed by atoms with Crippen molar-refractivity contribution in [1.29, 1.82) is 0 Å². The van der Waals surface area contributed by atoms with Crippen molar-refractivity contribution in [2.24, 2.45) is 0 Å². The molecule has 5 nitrogen and oxygen atoms in total. The van der Waals surface area contributed by atoms with E-state index in [4.69, 9.17) is 32.7 Å². The number of benzene rings is 2. The number of halogens is 2. The van der Waals surface area contributed by atoms with E-state index in [1.807, 2.05) is 26.0 Å². The zero-order chi connectivity index (χ0) is 18.4. The largest absolute Gasteiger partial charge is 0.495 e. The van der Waals surface area contributed by atoms with Crippen molar-refractivity contribution in [2.45, 2.75) is 13.8 Å². The topological polar surface area (TPSA) is 59.6 Å². The Kier molecular flexibility index (Phi) is 6.79. The van der Waals surface area contributed by atoms with Crippen molar-refractivity contribution in [3.8, 4) is 11.5 Å². The van der Waals surface area contributed by atoms with Gasteiger partial charge in [-0.05, 0) is 55.3 Å². The molecule has 0 unspecified atom stereocenters. The van der Waals surface area contributed by atoms with E-state index in [9.17, 15) is 4.79 Å². The van der Waals surface area contributed by atoms with Crippen LogP contribution in [0.4, 0.5) is 10.5 Å². The van der Waals surface area contributed by atoms with Gasteiger partial charge in [-0.15, -0.1) is 0 Å². The Hall–Kier alpha value is -2.11. The number of nitrogens with one attached hydrogen (secondary N) is 2. The highest BCUT2D eigenvalue weighted by Crippen LogP contribution is 2.27. The molecular formula is C18H20Cl2N2O3. The van der Waals surface area contributed by atoms with Gasteiger partial charge < -0.3 is 20.1 Å². The van der Waals surface area contributed by atoms with Gasteiger partial charge in [-0.1, -0.05) is 23.2 Å². The van der Waals surface area contributed by atoms with Crippen molar-refractivity contribution in [2.75, 3.05) is 25.6 Å². The number of hydrogen-bond donors (Lipinski definition) is 2. The third kappa shape index (κ3) is 5.44. The van der Waals surface area contributed by atoms with Gasteiger partial charge in [-0.3, -0.25) is 0 Å². The van der Waals surface area contributed by atoms with Crippen LogP contribution in [0.2, 0.25) is 10.0 Å². The number of methoxy groups -OCH3 is 1. The van der Waals surface area contributed by atoms with E-state index in [1.165, 1.54) is 7.11 Å². The van der Waals surface area contributed by atoms with Crippen molar-refractivity contribution in [3.63, 3.8) is 0 Å². The van der Waals surface area contributed by atoms with E-state index < -0.39 is 0 Å². The minimum absolute atomic E-state index is 0.334. The highest BCUT2D eigenvalue weighted by Gasteiger charge is 2.08. The normalized spacial score (nSPS) is 10.3.